The van der Waals surface area contributed by atoms with Gasteiger partial charge in [0.1, 0.15) is 17.8 Å². The number of likely N-dealkylation sites (N-methyl/N-ethyl adjacent to an activating group) is 1. The summed E-state index contributed by atoms with van der Waals surface area (Å²) in [6.07, 6.45) is 1.24. The standard InChI is InChI=1S/C33H36N4O5/c1-35-21-27(26-11-7-8-12-29(26)35)32(40)37-20-24(38)18-30(37)31(39)34-28(17-22-13-15-25(42-3)16-14-22)33(41)36(2)19-23-9-5-4-6-10-23/h4-16,21,24,28,30,38H,17-20H2,1-3H3,(H,34,39). The van der Waals surface area contributed by atoms with Gasteiger partial charge in [-0.1, -0.05) is 60.7 Å². The fourth-order valence-electron chi connectivity index (χ4n) is 5.62. The number of ether oxygens (including phenoxy) is 1. The Morgan fingerprint density at radius 3 is 2.40 bits per heavy atom. The van der Waals surface area contributed by atoms with Crippen LogP contribution in [0.25, 0.3) is 10.9 Å². The summed E-state index contributed by atoms with van der Waals surface area (Å²) in [6, 6.07) is 22.7. The Balaban J connectivity index is 1.38. The van der Waals surface area contributed by atoms with Crippen molar-refractivity contribution in [1.29, 1.82) is 0 Å². The Morgan fingerprint density at radius 1 is 1.00 bits per heavy atom. The molecule has 0 bridgehead atoms. The van der Waals surface area contributed by atoms with Gasteiger partial charge in [-0.25, -0.2) is 0 Å². The maximum absolute atomic E-state index is 13.8. The van der Waals surface area contributed by atoms with Crippen LogP contribution in [0, 0.1) is 0 Å². The normalized spacial score (nSPS) is 17.2. The van der Waals surface area contributed by atoms with E-state index in [9.17, 15) is 19.5 Å². The van der Waals surface area contributed by atoms with Gasteiger partial charge in [-0.15, -0.1) is 0 Å². The number of hydrogen-bond acceptors (Lipinski definition) is 5. The number of rotatable bonds is 9. The number of benzene rings is 3. The molecule has 0 saturated carbocycles. The summed E-state index contributed by atoms with van der Waals surface area (Å²) in [5.41, 5.74) is 3.17. The molecule has 1 saturated heterocycles. The molecular weight excluding hydrogens is 532 g/mol. The third-order valence-corrected chi connectivity index (χ3v) is 7.82. The van der Waals surface area contributed by atoms with Crippen molar-refractivity contribution in [3.8, 4) is 5.75 Å². The summed E-state index contributed by atoms with van der Waals surface area (Å²) in [5.74, 6) is -0.370. The molecule has 218 valence electrons. The van der Waals surface area contributed by atoms with Gasteiger partial charge in [0, 0.05) is 57.1 Å². The van der Waals surface area contributed by atoms with E-state index in [2.05, 4.69) is 5.32 Å². The Morgan fingerprint density at radius 2 is 1.69 bits per heavy atom. The van der Waals surface area contributed by atoms with E-state index in [1.165, 1.54) is 4.90 Å². The third kappa shape index (κ3) is 6.16. The van der Waals surface area contributed by atoms with Gasteiger partial charge in [-0.3, -0.25) is 14.4 Å². The molecule has 2 N–H and O–H groups in total. The molecule has 3 aromatic carbocycles. The van der Waals surface area contributed by atoms with Crippen LogP contribution in [0.1, 0.15) is 27.9 Å². The maximum Gasteiger partial charge on any atom is 0.256 e. The SMILES string of the molecule is COc1ccc(CC(NC(=O)C2CC(O)CN2C(=O)c2cn(C)c3ccccc23)C(=O)N(C)Cc2ccccc2)cc1. The third-order valence-electron chi connectivity index (χ3n) is 7.82. The van der Waals surface area contributed by atoms with E-state index in [0.717, 1.165) is 22.0 Å². The van der Waals surface area contributed by atoms with E-state index in [0.29, 0.717) is 17.9 Å². The van der Waals surface area contributed by atoms with Crippen LogP contribution in [0.4, 0.5) is 0 Å². The molecule has 5 rings (SSSR count). The zero-order valence-corrected chi connectivity index (χ0v) is 24.1. The first-order valence-electron chi connectivity index (χ1n) is 14.0. The minimum atomic E-state index is -0.919. The monoisotopic (exact) mass is 568 g/mol. The minimum absolute atomic E-state index is 0.0329. The molecule has 9 heteroatoms. The molecule has 0 spiro atoms. The van der Waals surface area contributed by atoms with Crippen LogP contribution in [0.5, 0.6) is 5.75 Å². The predicted octanol–water partition coefficient (Wildman–Crippen LogP) is 3.15. The fraction of sp³-hybridized carbons (Fsp3) is 0.303. The molecule has 3 amide bonds. The van der Waals surface area contributed by atoms with Crippen molar-refractivity contribution in [2.75, 3.05) is 20.7 Å². The van der Waals surface area contributed by atoms with Crippen molar-refractivity contribution in [2.24, 2.45) is 7.05 Å². The lowest BCUT2D eigenvalue weighted by atomic mass is 10.0. The maximum atomic E-state index is 13.8. The van der Waals surface area contributed by atoms with Crippen LogP contribution in [0.3, 0.4) is 0 Å². The Kier molecular flexibility index (Phi) is 8.59. The predicted molar refractivity (Wildman–Crippen MR) is 160 cm³/mol. The van der Waals surface area contributed by atoms with Gasteiger partial charge >= 0.3 is 0 Å². The van der Waals surface area contributed by atoms with Crippen molar-refractivity contribution in [3.05, 3.63) is 102 Å². The molecule has 1 aliphatic rings. The van der Waals surface area contributed by atoms with Gasteiger partial charge in [-0.2, -0.15) is 0 Å². The minimum Gasteiger partial charge on any atom is -0.497 e. The van der Waals surface area contributed by atoms with Gasteiger partial charge < -0.3 is 29.5 Å². The van der Waals surface area contributed by atoms with Gasteiger partial charge in [0.25, 0.3) is 5.91 Å². The summed E-state index contributed by atoms with van der Waals surface area (Å²) in [5, 5.41) is 14.3. The van der Waals surface area contributed by atoms with Crippen molar-refractivity contribution < 1.29 is 24.2 Å². The second kappa shape index (κ2) is 12.5. The highest BCUT2D eigenvalue weighted by Crippen LogP contribution is 2.27. The van der Waals surface area contributed by atoms with E-state index >= 15 is 0 Å². The number of β-amino-alcohol motifs (C(OH)–C–C–N with tert-alkyl or cyclic N) is 1. The number of fused-ring (bicyclic) bond motifs is 1. The van der Waals surface area contributed by atoms with E-state index in [1.54, 1.807) is 25.3 Å². The van der Waals surface area contributed by atoms with E-state index in [-0.39, 0.29) is 31.2 Å². The van der Waals surface area contributed by atoms with Crippen LogP contribution in [-0.4, -0.2) is 76.1 Å². The molecule has 4 aromatic rings. The number of likely N-dealkylation sites (tertiary alicyclic amines) is 1. The summed E-state index contributed by atoms with van der Waals surface area (Å²) >= 11 is 0. The number of amides is 3. The highest BCUT2D eigenvalue weighted by atomic mass is 16.5. The first kappa shape index (κ1) is 28.9. The molecule has 1 aromatic heterocycles. The van der Waals surface area contributed by atoms with Crippen molar-refractivity contribution in [3.63, 3.8) is 0 Å². The van der Waals surface area contributed by atoms with Crippen LogP contribution in [-0.2, 0) is 29.6 Å². The average molecular weight is 569 g/mol. The number of hydrogen-bond donors (Lipinski definition) is 2. The molecule has 0 aliphatic carbocycles. The summed E-state index contributed by atoms with van der Waals surface area (Å²) < 4.78 is 7.13. The molecule has 3 unspecified atom stereocenters. The molecule has 42 heavy (non-hydrogen) atoms. The smallest absolute Gasteiger partial charge is 0.256 e. The number of para-hydroxylation sites is 1. The number of aromatic nitrogens is 1. The first-order valence-corrected chi connectivity index (χ1v) is 14.0. The number of nitrogens with zero attached hydrogens (tertiary/aromatic N) is 3. The topological polar surface area (TPSA) is 104 Å². The van der Waals surface area contributed by atoms with Gasteiger partial charge in [0.05, 0.1) is 18.8 Å². The molecule has 9 nitrogen and oxygen atoms in total. The molecule has 0 radical (unpaired) electrons. The van der Waals surface area contributed by atoms with Gasteiger partial charge in [0.15, 0.2) is 0 Å². The van der Waals surface area contributed by atoms with Crippen molar-refractivity contribution in [2.45, 2.75) is 37.6 Å². The highest BCUT2D eigenvalue weighted by Gasteiger charge is 2.41. The zero-order valence-electron chi connectivity index (χ0n) is 24.1. The lowest BCUT2D eigenvalue weighted by molar-refractivity contribution is -0.136. The van der Waals surface area contributed by atoms with Crippen LogP contribution < -0.4 is 10.1 Å². The molecule has 3 atom stereocenters. The van der Waals surface area contributed by atoms with E-state index in [1.807, 2.05) is 90.5 Å². The lowest BCUT2D eigenvalue weighted by Gasteiger charge is -2.28. The zero-order chi connectivity index (χ0) is 29.8. The largest absolute Gasteiger partial charge is 0.497 e. The lowest BCUT2D eigenvalue weighted by Crippen LogP contribution is -2.54. The number of carbonyl (C=O) groups is 3. The van der Waals surface area contributed by atoms with Crippen LogP contribution in [0.15, 0.2) is 85.1 Å². The second-order valence-electron chi connectivity index (χ2n) is 10.8. The highest BCUT2D eigenvalue weighted by molar-refractivity contribution is 6.08. The van der Waals surface area contributed by atoms with Crippen molar-refractivity contribution >= 4 is 28.6 Å². The van der Waals surface area contributed by atoms with Crippen molar-refractivity contribution in [1.82, 2.24) is 19.7 Å². The number of aliphatic hydroxyl groups excluding tert-OH is 1. The fourth-order valence-corrected chi connectivity index (χ4v) is 5.62. The number of methoxy groups -OCH3 is 1. The molecular formula is C33H36N4O5. The number of nitrogens with one attached hydrogen (secondary N) is 1. The summed E-state index contributed by atoms with van der Waals surface area (Å²) in [6.45, 7) is 0.410. The molecule has 1 aliphatic heterocycles. The quantitative estimate of drug-likeness (QED) is 0.323. The Labute approximate surface area is 245 Å². The summed E-state index contributed by atoms with van der Waals surface area (Å²) in [7, 11) is 5.16. The Bertz CT molecular complexity index is 1570. The number of carbonyl (C=O) groups excluding carboxylic acids is 3. The molecule has 2 heterocycles. The average Bonchev–Trinajstić information content (AvgIpc) is 3.57. The number of aryl methyl sites for hydroxylation is 1. The van der Waals surface area contributed by atoms with Gasteiger partial charge in [0.2, 0.25) is 11.8 Å². The van der Waals surface area contributed by atoms with Crippen LogP contribution in [0.2, 0.25) is 0 Å². The first-order chi connectivity index (χ1) is 20.2. The Hall–Kier alpha value is -4.63. The summed E-state index contributed by atoms with van der Waals surface area (Å²) in [4.78, 5) is 44.3. The van der Waals surface area contributed by atoms with E-state index < -0.39 is 24.1 Å². The van der Waals surface area contributed by atoms with Crippen LogP contribution >= 0.6 is 0 Å². The molecule has 1 fully saturated rings. The van der Waals surface area contributed by atoms with E-state index in [4.69, 9.17) is 4.74 Å². The van der Waals surface area contributed by atoms with Gasteiger partial charge in [-0.05, 0) is 29.3 Å². The second-order valence-corrected chi connectivity index (χ2v) is 10.8. The number of aliphatic hydroxyl groups is 1.